The van der Waals surface area contributed by atoms with Gasteiger partial charge >= 0.3 is 0 Å². The SMILES string of the molecule is Cc1c2ccccc2c(C)c2ccccc12.Cc1cc(F)c(C)c(F)c1F.Cc1ccc2c(c1)C(C)(C)c1cc(C)ccc1-2.Cc1ccc2c(c1)c1ccc(C)cc1n2-c1ccccc1.Cc1ccc2c(c1)oc1cc(C)ccc12.Cc1ccc2c(c1)sc1cc(C)ccc12.Cc1ccc2c(ccc3cc(C)ccc32)c1.Cc1nc(C)c2ccccc2n1. The molecular weight excluding hydrogens is 1530 g/mol. The van der Waals surface area contributed by atoms with Crippen LogP contribution in [0, 0.1) is 128 Å². The minimum absolute atomic E-state index is 0.00870. The van der Waals surface area contributed by atoms with Crippen molar-refractivity contribution in [3.8, 4) is 16.8 Å². The number of halogens is 3. The summed E-state index contributed by atoms with van der Waals surface area (Å²) >= 11 is 1.89. The van der Waals surface area contributed by atoms with Gasteiger partial charge in [0, 0.05) is 69.5 Å². The lowest BCUT2D eigenvalue weighted by Gasteiger charge is -2.22. The van der Waals surface area contributed by atoms with E-state index < -0.39 is 17.5 Å². The Bertz CT molecular complexity index is 7100. The van der Waals surface area contributed by atoms with Crippen molar-refractivity contribution in [2.45, 2.75) is 130 Å². The van der Waals surface area contributed by atoms with Crippen molar-refractivity contribution in [2.75, 3.05) is 0 Å². The molecule has 0 N–H and O–H groups in total. The first kappa shape index (κ1) is 84.7. The number of aromatic nitrogens is 3. The zero-order chi connectivity index (χ0) is 86.8. The number of thiophene rings is 1. The fraction of sp³-hybridized carbons (Fsp3) is 0.165. The first-order valence-electron chi connectivity index (χ1n) is 42.2. The number of fused-ring (bicyclic) bond motifs is 18. The van der Waals surface area contributed by atoms with E-state index in [2.05, 4.69) is 384 Å². The number of hydrogen-bond acceptors (Lipinski definition) is 4. The van der Waals surface area contributed by atoms with Crippen molar-refractivity contribution in [3.05, 3.63) is 421 Å². The van der Waals surface area contributed by atoms with E-state index in [-0.39, 0.29) is 16.5 Å². The third-order valence-corrected chi connectivity index (χ3v) is 24.9. The number of hydrogen-bond donors (Lipinski definition) is 0. The molecule has 0 spiro atoms. The largest absolute Gasteiger partial charge is 0.456 e. The predicted octanol–water partition coefficient (Wildman–Crippen LogP) is 33.1. The fourth-order valence-electron chi connectivity index (χ4n) is 17.1. The highest BCUT2D eigenvalue weighted by atomic mass is 32.1. The van der Waals surface area contributed by atoms with E-state index >= 15 is 0 Å². The average Bonchev–Trinajstić information content (AvgIpc) is 1.60. The van der Waals surface area contributed by atoms with E-state index in [1.807, 2.05) is 49.4 Å². The number of nitrogens with zero attached hydrogens (tertiary/aromatic N) is 3. The van der Waals surface area contributed by atoms with E-state index in [4.69, 9.17) is 4.42 Å². The molecular formula is C115H104F3N3OS. The van der Waals surface area contributed by atoms with E-state index in [1.165, 1.54) is 204 Å². The standard InChI is InChI=1S/C20H17N.C17H18.2C16H14.C14H12O.C14H12S.C10H10N2.C8H7F3/c1-14-9-11-19-18(12-14)17-10-8-15(2)13-20(17)21(19)16-6-4-3-5-7-16;1-11-5-7-13-14-8-6-12(2)10-16(14)17(3,4)15(13)9-11;1-11-3-7-15-13(9-11)5-6-14-10-12(2)4-8-16(14)15;1-11-13-7-3-5-9-15(13)12(2)16-10-6-4-8-14(11)16;2*1-9-3-5-11-12-6-4-10(2)8-14(12)15-13(11)7-9;1-7-9-5-3-4-6-10(9)12-8(2)11-7;1-4-3-6(9)5(2)8(11)7(4)10/h3-13H,1-2H3;5-10H,1-4H3;2*3-10H,1-2H3;2*3-8H,1-2H3;3-6H,1-2H3;3H,1-2H3. The van der Waals surface area contributed by atoms with Crippen molar-refractivity contribution in [1.29, 1.82) is 0 Å². The van der Waals surface area contributed by atoms with Crippen LogP contribution in [-0.4, -0.2) is 14.5 Å². The summed E-state index contributed by atoms with van der Waals surface area (Å²) in [7, 11) is 0. The van der Waals surface area contributed by atoms with Crippen LogP contribution in [0.3, 0.4) is 0 Å². The summed E-state index contributed by atoms with van der Waals surface area (Å²) < 4.78 is 48.9. The Morgan fingerprint density at radius 2 is 0.683 bits per heavy atom. The number of aryl methyl sites for hydroxylation is 15. The lowest BCUT2D eigenvalue weighted by molar-refractivity contribution is 0.480. The van der Waals surface area contributed by atoms with Crippen LogP contribution in [-0.2, 0) is 5.41 Å². The van der Waals surface area contributed by atoms with Gasteiger partial charge in [0.2, 0.25) is 0 Å². The van der Waals surface area contributed by atoms with Crippen LogP contribution in [0.2, 0.25) is 0 Å². The molecule has 0 saturated heterocycles. The van der Waals surface area contributed by atoms with Crippen molar-refractivity contribution < 1.29 is 17.6 Å². The first-order valence-corrected chi connectivity index (χ1v) is 43.0. The molecule has 0 radical (unpaired) electrons. The Kier molecular flexibility index (Phi) is 24.7. The summed E-state index contributed by atoms with van der Waals surface area (Å²) in [5.74, 6) is -1.93. The monoisotopic (exact) mass is 1630 g/mol. The van der Waals surface area contributed by atoms with Gasteiger partial charge in [-0.2, -0.15) is 0 Å². The Morgan fingerprint density at radius 3 is 1.18 bits per heavy atom. The van der Waals surface area contributed by atoms with Crippen LogP contribution in [0.5, 0.6) is 0 Å². The molecule has 17 aromatic carbocycles. The molecule has 0 atom stereocenters. The molecule has 4 aromatic heterocycles. The molecule has 123 heavy (non-hydrogen) atoms. The predicted molar refractivity (Wildman–Crippen MR) is 522 cm³/mol. The quantitative estimate of drug-likeness (QED) is 0.0935. The van der Waals surface area contributed by atoms with Gasteiger partial charge in [-0.05, 0) is 287 Å². The molecule has 4 nitrogen and oxygen atoms in total. The molecule has 8 heteroatoms. The smallest absolute Gasteiger partial charge is 0.164 e. The summed E-state index contributed by atoms with van der Waals surface area (Å²) in [6.07, 6.45) is 0. The van der Waals surface area contributed by atoms with Gasteiger partial charge < -0.3 is 8.98 Å². The van der Waals surface area contributed by atoms with Crippen molar-refractivity contribution >= 4 is 129 Å². The number of rotatable bonds is 1. The second-order valence-electron chi connectivity index (χ2n) is 33.8. The zero-order valence-electron chi connectivity index (χ0n) is 73.7. The average molecular weight is 1630 g/mol. The lowest BCUT2D eigenvalue weighted by Crippen LogP contribution is -2.15. The molecule has 21 aromatic rings. The summed E-state index contributed by atoms with van der Waals surface area (Å²) in [4.78, 5) is 8.62. The van der Waals surface area contributed by atoms with Gasteiger partial charge in [0.05, 0.1) is 16.6 Å². The van der Waals surface area contributed by atoms with Gasteiger partial charge in [-0.25, -0.2) is 23.1 Å². The number of benzene rings is 17. The molecule has 0 amide bonds. The van der Waals surface area contributed by atoms with Gasteiger partial charge in [0.25, 0.3) is 0 Å². The zero-order valence-corrected chi connectivity index (χ0v) is 74.5. The first-order chi connectivity index (χ1) is 59.0. The fourth-order valence-corrected chi connectivity index (χ4v) is 18.4. The van der Waals surface area contributed by atoms with Crippen molar-refractivity contribution in [1.82, 2.24) is 14.5 Å². The summed E-state index contributed by atoms with van der Waals surface area (Å²) in [5.41, 5.74) is 29.3. The third-order valence-electron chi connectivity index (χ3n) is 23.7. The maximum atomic E-state index is 12.6. The number of para-hydroxylation sites is 2. The molecule has 0 unspecified atom stereocenters. The van der Waals surface area contributed by atoms with Gasteiger partial charge in [-0.15, -0.1) is 11.3 Å². The van der Waals surface area contributed by atoms with E-state index in [9.17, 15) is 13.2 Å². The second kappa shape index (κ2) is 35.8. The van der Waals surface area contributed by atoms with Gasteiger partial charge in [-0.1, -0.05) is 278 Å². The highest BCUT2D eigenvalue weighted by Crippen LogP contribution is 2.49. The summed E-state index contributed by atoms with van der Waals surface area (Å²) in [6.45, 7) is 36.9. The van der Waals surface area contributed by atoms with Gasteiger partial charge in [0.15, 0.2) is 11.6 Å². The van der Waals surface area contributed by atoms with Crippen LogP contribution in [0.15, 0.2) is 308 Å². The molecule has 0 saturated carbocycles. The third kappa shape index (κ3) is 17.9. The maximum absolute atomic E-state index is 12.6. The van der Waals surface area contributed by atoms with E-state index in [1.54, 1.807) is 0 Å². The van der Waals surface area contributed by atoms with Gasteiger partial charge in [0.1, 0.15) is 22.8 Å². The molecule has 0 fully saturated rings. The van der Waals surface area contributed by atoms with Crippen LogP contribution >= 0.6 is 11.3 Å². The van der Waals surface area contributed by atoms with Crippen LogP contribution < -0.4 is 0 Å². The minimum Gasteiger partial charge on any atom is -0.456 e. The lowest BCUT2D eigenvalue weighted by atomic mass is 9.81. The molecule has 1 aliphatic carbocycles. The Morgan fingerprint density at radius 1 is 0.293 bits per heavy atom. The minimum atomic E-state index is -1.09. The van der Waals surface area contributed by atoms with Crippen LogP contribution in [0.4, 0.5) is 13.2 Å². The van der Waals surface area contributed by atoms with Crippen LogP contribution in [0.1, 0.15) is 114 Å². The summed E-state index contributed by atoms with van der Waals surface area (Å²) in [6, 6.07) is 108. The molecule has 0 bridgehead atoms. The number of furan rings is 1. The normalized spacial score (nSPS) is 11.7. The van der Waals surface area contributed by atoms with Crippen molar-refractivity contribution in [3.63, 3.8) is 0 Å². The second-order valence-corrected chi connectivity index (χ2v) is 34.9. The maximum Gasteiger partial charge on any atom is 0.164 e. The Balaban J connectivity index is 0.000000110. The molecule has 0 aliphatic heterocycles. The van der Waals surface area contributed by atoms with Crippen molar-refractivity contribution in [2.24, 2.45) is 0 Å². The highest BCUT2D eigenvalue weighted by molar-refractivity contribution is 7.25. The molecule has 1 aliphatic rings. The molecule has 22 rings (SSSR count). The van der Waals surface area contributed by atoms with E-state index in [0.29, 0.717) is 0 Å². The van der Waals surface area contributed by atoms with Crippen LogP contribution in [0.25, 0.3) is 135 Å². The molecule has 4 heterocycles. The summed E-state index contributed by atoms with van der Waals surface area (Å²) in [5, 5.41) is 19.8. The highest BCUT2D eigenvalue weighted by Gasteiger charge is 2.35. The Hall–Kier alpha value is -13.3. The molecule has 612 valence electrons. The Labute approximate surface area is 724 Å². The topological polar surface area (TPSA) is 43.9 Å². The van der Waals surface area contributed by atoms with Gasteiger partial charge in [-0.3, -0.25) is 0 Å². The van der Waals surface area contributed by atoms with E-state index in [0.717, 1.165) is 39.7 Å².